The molecule has 0 saturated heterocycles. The zero-order valence-electron chi connectivity index (χ0n) is 11.4. The lowest BCUT2D eigenvalue weighted by Crippen LogP contribution is -2.20. The Morgan fingerprint density at radius 1 is 1.06 bits per heavy atom. The van der Waals surface area contributed by atoms with Gasteiger partial charge in [0.1, 0.15) is 0 Å². The lowest BCUT2D eigenvalue weighted by Gasteiger charge is -2.18. The zero-order chi connectivity index (χ0) is 12.2. The van der Waals surface area contributed by atoms with Gasteiger partial charge in [-0.25, -0.2) is 0 Å². The summed E-state index contributed by atoms with van der Waals surface area (Å²) in [6.07, 6.45) is 9.06. The van der Waals surface area contributed by atoms with Crippen LogP contribution in [-0.4, -0.2) is 24.4 Å². The van der Waals surface area contributed by atoms with Gasteiger partial charge in [-0.1, -0.05) is 52.4 Å². The van der Waals surface area contributed by atoms with Crippen LogP contribution in [0.3, 0.4) is 0 Å². The zero-order valence-corrected chi connectivity index (χ0v) is 11.4. The minimum Gasteiger partial charge on any atom is -0.394 e. The van der Waals surface area contributed by atoms with Crippen molar-refractivity contribution in [1.29, 1.82) is 0 Å². The van der Waals surface area contributed by atoms with Gasteiger partial charge >= 0.3 is 0 Å². The summed E-state index contributed by atoms with van der Waals surface area (Å²) in [5.74, 6) is 0.672. The molecular weight excluding hydrogens is 200 g/mol. The molecule has 0 aromatic carbocycles. The van der Waals surface area contributed by atoms with Crippen LogP contribution in [0.25, 0.3) is 0 Å². The lowest BCUT2D eigenvalue weighted by molar-refractivity contribution is 0.00571. The van der Waals surface area contributed by atoms with Crippen molar-refractivity contribution < 1.29 is 9.84 Å². The monoisotopic (exact) mass is 230 g/mol. The van der Waals surface area contributed by atoms with Crippen molar-refractivity contribution in [3.05, 3.63) is 0 Å². The average Bonchev–Trinajstić information content (AvgIpc) is 2.28. The fourth-order valence-corrected chi connectivity index (χ4v) is 2.09. The maximum atomic E-state index is 9.12. The summed E-state index contributed by atoms with van der Waals surface area (Å²) < 4.78 is 5.46. The van der Waals surface area contributed by atoms with E-state index in [1.54, 1.807) is 0 Å². The van der Waals surface area contributed by atoms with Crippen LogP contribution in [0.5, 0.6) is 0 Å². The maximum Gasteiger partial charge on any atom is 0.0808 e. The van der Waals surface area contributed by atoms with Crippen LogP contribution in [0.2, 0.25) is 0 Å². The molecule has 0 aromatic rings. The number of hydrogen-bond donors (Lipinski definition) is 1. The average molecular weight is 230 g/mol. The van der Waals surface area contributed by atoms with Crippen LogP contribution in [0.1, 0.15) is 65.7 Å². The maximum absolute atomic E-state index is 9.12. The van der Waals surface area contributed by atoms with Crippen LogP contribution < -0.4 is 0 Å². The van der Waals surface area contributed by atoms with Gasteiger partial charge in [-0.2, -0.15) is 0 Å². The lowest BCUT2D eigenvalue weighted by atomic mass is 9.96. The van der Waals surface area contributed by atoms with E-state index < -0.39 is 0 Å². The van der Waals surface area contributed by atoms with E-state index in [0.29, 0.717) is 12.5 Å². The first-order valence-electron chi connectivity index (χ1n) is 6.97. The highest BCUT2D eigenvalue weighted by Gasteiger charge is 2.11. The highest BCUT2D eigenvalue weighted by Crippen LogP contribution is 2.17. The standard InChI is InChI=1S/C14H30O2/c1-4-6-7-8-9-10-13(3)11-14(12-15)16-5-2/h13-15H,4-12H2,1-3H3. The third-order valence-corrected chi connectivity index (χ3v) is 3.07. The fourth-order valence-electron chi connectivity index (χ4n) is 2.09. The van der Waals surface area contributed by atoms with E-state index >= 15 is 0 Å². The van der Waals surface area contributed by atoms with E-state index in [0.717, 1.165) is 6.42 Å². The van der Waals surface area contributed by atoms with E-state index in [2.05, 4.69) is 13.8 Å². The number of aliphatic hydroxyl groups is 1. The molecule has 0 radical (unpaired) electrons. The predicted octanol–water partition coefficient (Wildman–Crippen LogP) is 3.77. The predicted molar refractivity (Wildman–Crippen MR) is 69.7 cm³/mol. The Morgan fingerprint density at radius 3 is 2.31 bits per heavy atom. The third kappa shape index (κ3) is 9.17. The summed E-state index contributed by atoms with van der Waals surface area (Å²) >= 11 is 0. The topological polar surface area (TPSA) is 29.5 Å². The van der Waals surface area contributed by atoms with Gasteiger partial charge in [0, 0.05) is 6.61 Å². The second-order valence-electron chi connectivity index (χ2n) is 4.80. The van der Waals surface area contributed by atoms with Crippen molar-refractivity contribution >= 4 is 0 Å². The van der Waals surface area contributed by atoms with Gasteiger partial charge < -0.3 is 9.84 Å². The molecule has 2 heteroatoms. The Morgan fingerprint density at radius 2 is 1.75 bits per heavy atom. The van der Waals surface area contributed by atoms with E-state index in [9.17, 15) is 0 Å². The third-order valence-electron chi connectivity index (χ3n) is 3.07. The summed E-state index contributed by atoms with van der Waals surface area (Å²) in [6, 6.07) is 0. The van der Waals surface area contributed by atoms with Crippen molar-refractivity contribution in [3.8, 4) is 0 Å². The number of ether oxygens (including phenoxy) is 1. The van der Waals surface area contributed by atoms with E-state index in [1.165, 1.54) is 38.5 Å². The molecule has 2 atom stereocenters. The van der Waals surface area contributed by atoms with Crippen molar-refractivity contribution in [2.75, 3.05) is 13.2 Å². The van der Waals surface area contributed by atoms with E-state index in [1.807, 2.05) is 6.92 Å². The van der Waals surface area contributed by atoms with Gasteiger partial charge in [-0.3, -0.25) is 0 Å². The molecule has 1 N–H and O–H groups in total. The highest BCUT2D eigenvalue weighted by atomic mass is 16.5. The molecule has 0 rings (SSSR count). The molecule has 0 bridgehead atoms. The van der Waals surface area contributed by atoms with Crippen LogP contribution in [0, 0.1) is 5.92 Å². The van der Waals surface area contributed by atoms with Gasteiger partial charge in [-0.15, -0.1) is 0 Å². The minimum absolute atomic E-state index is 0.0515. The molecular formula is C14H30O2. The van der Waals surface area contributed by atoms with Crippen molar-refractivity contribution in [1.82, 2.24) is 0 Å². The molecule has 0 aromatic heterocycles. The SMILES string of the molecule is CCCCCCCC(C)CC(CO)OCC. The van der Waals surface area contributed by atoms with Gasteiger partial charge in [-0.05, 0) is 19.3 Å². The summed E-state index contributed by atoms with van der Waals surface area (Å²) in [5.41, 5.74) is 0. The van der Waals surface area contributed by atoms with Gasteiger partial charge in [0.25, 0.3) is 0 Å². The van der Waals surface area contributed by atoms with Crippen molar-refractivity contribution in [2.24, 2.45) is 5.92 Å². The molecule has 0 aliphatic carbocycles. The Balaban J connectivity index is 3.44. The number of unbranched alkanes of at least 4 members (excludes halogenated alkanes) is 4. The first-order chi connectivity index (χ1) is 7.74. The molecule has 0 spiro atoms. The van der Waals surface area contributed by atoms with Gasteiger partial charge in [0.2, 0.25) is 0 Å². The van der Waals surface area contributed by atoms with Crippen LogP contribution in [-0.2, 0) is 4.74 Å². The molecule has 2 unspecified atom stereocenters. The summed E-state index contributed by atoms with van der Waals surface area (Å²) in [6.45, 7) is 7.36. The Labute approximate surface area is 101 Å². The number of rotatable bonds is 11. The first-order valence-corrected chi connectivity index (χ1v) is 6.97. The number of hydrogen-bond acceptors (Lipinski definition) is 2. The second-order valence-corrected chi connectivity index (χ2v) is 4.80. The Hall–Kier alpha value is -0.0800. The van der Waals surface area contributed by atoms with Crippen LogP contribution >= 0.6 is 0 Å². The van der Waals surface area contributed by atoms with E-state index in [-0.39, 0.29) is 12.7 Å². The molecule has 0 fully saturated rings. The Bertz CT molecular complexity index is 137. The van der Waals surface area contributed by atoms with Crippen molar-refractivity contribution in [3.63, 3.8) is 0 Å². The second kappa shape index (κ2) is 11.4. The molecule has 16 heavy (non-hydrogen) atoms. The molecule has 0 aliphatic rings. The molecule has 0 aliphatic heterocycles. The molecule has 98 valence electrons. The van der Waals surface area contributed by atoms with E-state index in [4.69, 9.17) is 9.84 Å². The number of aliphatic hydroxyl groups excluding tert-OH is 1. The summed E-state index contributed by atoms with van der Waals surface area (Å²) in [7, 11) is 0. The molecule has 0 amide bonds. The van der Waals surface area contributed by atoms with Crippen LogP contribution in [0.4, 0.5) is 0 Å². The molecule has 0 saturated carbocycles. The molecule has 0 heterocycles. The fraction of sp³-hybridized carbons (Fsp3) is 1.00. The first kappa shape index (κ1) is 15.9. The van der Waals surface area contributed by atoms with Gasteiger partial charge in [0.15, 0.2) is 0 Å². The minimum atomic E-state index is 0.0515. The van der Waals surface area contributed by atoms with Gasteiger partial charge in [0.05, 0.1) is 12.7 Å². The summed E-state index contributed by atoms with van der Waals surface area (Å²) in [5, 5.41) is 9.12. The Kier molecular flexibility index (Phi) is 11.3. The molecule has 2 nitrogen and oxygen atoms in total. The van der Waals surface area contributed by atoms with Crippen molar-refractivity contribution in [2.45, 2.75) is 71.8 Å². The quantitative estimate of drug-likeness (QED) is 0.547. The normalized spacial score (nSPS) is 15.0. The highest BCUT2D eigenvalue weighted by molar-refractivity contribution is 4.62. The largest absolute Gasteiger partial charge is 0.394 e. The smallest absolute Gasteiger partial charge is 0.0808 e. The summed E-state index contributed by atoms with van der Waals surface area (Å²) in [4.78, 5) is 0. The van der Waals surface area contributed by atoms with Crippen LogP contribution in [0.15, 0.2) is 0 Å².